The zero-order chi connectivity index (χ0) is 21.2. The molecule has 0 aliphatic carbocycles. The van der Waals surface area contributed by atoms with Crippen molar-refractivity contribution in [2.75, 3.05) is 22.5 Å². The predicted octanol–water partition coefficient (Wildman–Crippen LogP) is 6.18. The molecule has 0 spiro atoms. The van der Waals surface area contributed by atoms with Crippen molar-refractivity contribution < 1.29 is 9.18 Å². The Bertz CT molecular complexity index is 904. The van der Waals surface area contributed by atoms with Crippen molar-refractivity contribution in [2.45, 2.75) is 58.9 Å². The molecule has 156 valence electrons. The summed E-state index contributed by atoms with van der Waals surface area (Å²) in [6.45, 7) is 12.0. The van der Waals surface area contributed by atoms with Gasteiger partial charge in [0.15, 0.2) is 0 Å². The number of nitrogens with one attached hydrogen (secondary N) is 1. The highest BCUT2D eigenvalue weighted by Gasteiger charge is 2.21. The molecule has 1 aliphatic rings. The number of thioether (sulfide) groups is 1. The zero-order valence-corrected chi connectivity index (χ0v) is 18.9. The molecular weight excluding hydrogens is 383 g/mol. The average molecular weight is 415 g/mol. The van der Waals surface area contributed by atoms with Gasteiger partial charge >= 0.3 is 0 Å². The van der Waals surface area contributed by atoms with E-state index < -0.39 is 0 Å². The molecular formula is C24H31FN2OS. The molecule has 1 amide bonds. The number of amides is 1. The van der Waals surface area contributed by atoms with Gasteiger partial charge in [0.1, 0.15) is 5.82 Å². The van der Waals surface area contributed by atoms with E-state index in [2.05, 4.69) is 50.0 Å². The fourth-order valence-electron chi connectivity index (χ4n) is 3.76. The van der Waals surface area contributed by atoms with Crippen LogP contribution in [-0.4, -0.2) is 18.2 Å². The Morgan fingerprint density at radius 3 is 2.66 bits per heavy atom. The predicted molar refractivity (Wildman–Crippen MR) is 121 cm³/mol. The zero-order valence-electron chi connectivity index (χ0n) is 18.1. The van der Waals surface area contributed by atoms with Gasteiger partial charge in [-0.2, -0.15) is 0 Å². The molecule has 1 N–H and O–H groups in total. The quantitative estimate of drug-likeness (QED) is 0.593. The molecule has 0 saturated heterocycles. The molecule has 0 atom stereocenters. The SMILES string of the molecule is CCSc1cc(N2CCc3ccc(F)cc3C2)cc(C)c1NC(=O)CC(C)(C)C. The number of halogens is 1. The number of carbonyl (C=O) groups is 1. The molecule has 2 aromatic carbocycles. The number of aryl methyl sites for hydroxylation is 1. The fraction of sp³-hybridized carbons (Fsp3) is 0.458. The van der Waals surface area contributed by atoms with Gasteiger partial charge in [0.2, 0.25) is 5.91 Å². The minimum Gasteiger partial charge on any atom is -0.367 e. The number of nitrogens with zero attached hydrogens (tertiary/aromatic N) is 1. The van der Waals surface area contributed by atoms with Gasteiger partial charge in [-0.15, -0.1) is 11.8 Å². The maximum atomic E-state index is 13.7. The lowest BCUT2D eigenvalue weighted by atomic mass is 9.92. The van der Waals surface area contributed by atoms with Crippen molar-refractivity contribution in [1.29, 1.82) is 0 Å². The van der Waals surface area contributed by atoms with E-state index in [0.29, 0.717) is 13.0 Å². The Hall–Kier alpha value is -2.01. The highest BCUT2D eigenvalue weighted by atomic mass is 32.2. The molecule has 0 saturated carbocycles. The van der Waals surface area contributed by atoms with Gasteiger partial charge in [-0.3, -0.25) is 4.79 Å². The van der Waals surface area contributed by atoms with Crippen molar-refractivity contribution in [1.82, 2.24) is 0 Å². The molecule has 2 aromatic rings. The molecule has 3 nitrogen and oxygen atoms in total. The molecule has 1 aliphatic heterocycles. The van der Waals surface area contributed by atoms with Crippen LogP contribution in [0.2, 0.25) is 0 Å². The molecule has 3 rings (SSSR count). The Labute approximate surface area is 178 Å². The van der Waals surface area contributed by atoms with Crippen LogP contribution in [0.1, 0.15) is 50.8 Å². The smallest absolute Gasteiger partial charge is 0.224 e. The normalized spacial score (nSPS) is 13.9. The Balaban J connectivity index is 1.87. The van der Waals surface area contributed by atoms with E-state index in [4.69, 9.17) is 0 Å². The lowest BCUT2D eigenvalue weighted by Gasteiger charge is -2.32. The number of benzene rings is 2. The van der Waals surface area contributed by atoms with Gasteiger partial charge in [-0.25, -0.2) is 4.39 Å². The van der Waals surface area contributed by atoms with Crippen molar-refractivity contribution in [3.05, 3.63) is 52.8 Å². The minimum absolute atomic E-state index is 0.0491. The summed E-state index contributed by atoms with van der Waals surface area (Å²) in [5.41, 5.74) is 5.34. The number of fused-ring (bicyclic) bond motifs is 1. The monoisotopic (exact) mass is 414 g/mol. The first-order valence-electron chi connectivity index (χ1n) is 10.3. The maximum Gasteiger partial charge on any atom is 0.224 e. The van der Waals surface area contributed by atoms with E-state index >= 15 is 0 Å². The fourth-order valence-corrected chi connectivity index (χ4v) is 4.63. The number of anilines is 2. The van der Waals surface area contributed by atoms with Gasteiger partial charge in [0.25, 0.3) is 0 Å². The van der Waals surface area contributed by atoms with Crippen LogP contribution in [0, 0.1) is 18.2 Å². The second-order valence-electron chi connectivity index (χ2n) is 8.94. The highest BCUT2D eigenvalue weighted by Crippen LogP contribution is 2.37. The largest absolute Gasteiger partial charge is 0.367 e. The van der Waals surface area contributed by atoms with Crippen LogP contribution in [-0.2, 0) is 17.8 Å². The average Bonchev–Trinajstić information content (AvgIpc) is 2.62. The number of carbonyl (C=O) groups excluding carboxylic acids is 1. The second-order valence-corrected chi connectivity index (χ2v) is 10.2. The molecule has 0 fully saturated rings. The van der Waals surface area contributed by atoms with Crippen LogP contribution >= 0.6 is 11.8 Å². The van der Waals surface area contributed by atoms with Gasteiger partial charge in [0, 0.05) is 30.1 Å². The third-order valence-corrected chi connectivity index (χ3v) is 6.01. The first kappa shape index (κ1) is 21.7. The lowest BCUT2D eigenvalue weighted by Crippen LogP contribution is -2.30. The summed E-state index contributed by atoms with van der Waals surface area (Å²) in [5.74, 6) is 0.800. The van der Waals surface area contributed by atoms with E-state index in [-0.39, 0.29) is 17.1 Å². The topological polar surface area (TPSA) is 32.3 Å². The summed E-state index contributed by atoms with van der Waals surface area (Å²) in [6.07, 6.45) is 1.40. The van der Waals surface area contributed by atoms with Gasteiger partial charge < -0.3 is 10.2 Å². The summed E-state index contributed by atoms with van der Waals surface area (Å²) in [5, 5.41) is 3.15. The number of hydrogen-bond acceptors (Lipinski definition) is 3. The number of hydrogen-bond donors (Lipinski definition) is 1. The molecule has 5 heteroatoms. The third-order valence-electron chi connectivity index (χ3n) is 5.08. The molecule has 1 heterocycles. The van der Waals surface area contributed by atoms with Crippen LogP contribution < -0.4 is 10.2 Å². The molecule has 0 unspecified atom stereocenters. The van der Waals surface area contributed by atoms with E-state index in [9.17, 15) is 9.18 Å². The lowest BCUT2D eigenvalue weighted by molar-refractivity contribution is -0.117. The minimum atomic E-state index is -0.180. The number of rotatable bonds is 5. The van der Waals surface area contributed by atoms with Gasteiger partial charge in [0.05, 0.1) is 5.69 Å². The molecule has 0 radical (unpaired) electrons. The standard InChI is InChI=1S/C24H31FN2OS/c1-6-29-21-13-20(11-16(2)23(21)26-22(28)14-24(3,4)5)27-10-9-17-7-8-19(25)12-18(17)15-27/h7-8,11-13H,6,9-10,14-15H2,1-5H3,(H,26,28). The molecule has 0 bridgehead atoms. The van der Waals surface area contributed by atoms with E-state index in [1.165, 1.54) is 5.56 Å². The van der Waals surface area contributed by atoms with Crippen LogP contribution in [0.15, 0.2) is 35.2 Å². The summed E-state index contributed by atoms with van der Waals surface area (Å²) < 4.78 is 13.7. The first-order valence-corrected chi connectivity index (χ1v) is 11.2. The van der Waals surface area contributed by atoms with Gasteiger partial charge in [-0.05, 0) is 65.5 Å². The molecule has 0 aromatic heterocycles. The van der Waals surface area contributed by atoms with E-state index in [1.54, 1.807) is 23.9 Å². The van der Waals surface area contributed by atoms with Crippen LogP contribution in [0.25, 0.3) is 0 Å². The van der Waals surface area contributed by atoms with Crippen LogP contribution in [0.3, 0.4) is 0 Å². The summed E-state index contributed by atoms with van der Waals surface area (Å²) in [7, 11) is 0. The highest BCUT2D eigenvalue weighted by molar-refractivity contribution is 7.99. The van der Waals surface area contributed by atoms with Gasteiger partial charge in [-0.1, -0.05) is 33.8 Å². The van der Waals surface area contributed by atoms with Crippen LogP contribution in [0.5, 0.6) is 0 Å². The Morgan fingerprint density at radius 1 is 1.21 bits per heavy atom. The molecule has 29 heavy (non-hydrogen) atoms. The van der Waals surface area contributed by atoms with E-state index in [0.717, 1.165) is 46.1 Å². The summed E-state index contributed by atoms with van der Waals surface area (Å²) in [6, 6.07) is 9.40. The van der Waals surface area contributed by atoms with Crippen LogP contribution in [0.4, 0.5) is 15.8 Å². The third kappa shape index (κ3) is 5.53. The Kier molecular flexibility index (Phi) is 6.57. The van der Waals surface area contributed by atoms with Crippen molar-refractivity contribution in [2.24, 2.45) is 5.41 Å². The van der Waals surface area contributed by atoms with Crippen molar-refractivity contribution in [3.63, 3.8) is 0 Å². The summed E-state index contributed by atoms with van der Waals surface area (Å²) in [4.78, 5) is 15.9. The van der Waals surface area contributed by atoms with Crippen molar-refractivity contribution in [3.8, 4) is 0 Å². The Morgan fingerprint density at radius 2 is 1.97 bits per heavy atom. The maximum absolute atomic E-state index is 13.7. The first-order chi connectivity index (χ1) is 13.7. The summed E-state index contributed by atoms with van der Waals surface area (Å²) >= 11 is 1.74. The van der Waals surface area contributed by atoms with E-state index in [1.807, 2.05) is 13.0 Å². The van der Waals surface area contributed by atoms with Crippen molar-refractivity contribution >= 4 is 29.0 Å². The second kappa shape index (κ2) is 8.78.